The molecule has 1 aliphatic carbocycles. The molecule has 0 saturated heterocycles. The fourth-order valence-corrected chi connectivity index (χ4v) is 4.39. The average Bonchev–Trinajstić information content (AvgIpc) is 3.14. The molecule has 4 rings (SSSR count). The summed E-state index contributed by atoms with van der Waals surface area (Å²) < 4.78 is 7.00. The lowest BCUT2D eigenvalue weighted by Gasteiger charge is -2.31. The molecule has 160 valence electrons. The summed E-state index contributed by atoms with van der Waals surface area (Å²) in [5.41, 5.74) is 2.79. The normalized spacial score (nSPS) is 16.8. The second-order valence-corrected chi connectivity index (χ2v) is 8.27. The topological polar surface area (TPSA) is 76.5 Å². The Labute approximate surface area is 181 Å². The largest absolute Gasteiger partial charge is 0.461 e. The number of hydrogen-bond acceptors (Lipinski definition) is 4. The molecule has 1 N–H and O–H groups in total. The van der Waals surface area contributed by atoms with E-state index < -0.39 is 5.97 Å². The zero-order chi connectivity index (χ0) is 21.1. The zero-order valence-corrected chi connectivity index (χ0v) is 18.0. The van der Waals surface area contributed by atoms with Crippen LogP contribution in [0.25, 0.3) is 5.69 Å². The second-order valence-electron chi connectivity index (χ2n) is 7.84. The van der Waals surface area contributed by atoms with Crippen LogP contribution in [0.5, 0.6) is 0 Å². The Morgan fingerprint density at radius 2 is 1.93 bits per heavy atom. The van der Waals surface area contributed by atoms with Gasteiger partial charge in [0.15, 0.2) is 5.69 Å². The van der Waals surface area contributed by atoms with Crippen molar-refractivity contribution >= 4 is 23.6 Å². The minimum absolute atomic E-state index is 0.0680. The molecule has 2 aliphatic rings. The SMILES string of the molecule is CCOC(=O)c1nn(-c2ccc(Cl)cc2)c2c1CN(C(=O)NC1CCCCC1)CC2. The quantitative estimate of drug-likeness (QED) is 0.741. The highest BCUT2D eigenvalue weighted by atomic mass is 35.5. The minimum atomic E-state index is -0.462. The lowest BCUT2D eigenvalue weighted by atomic mass is 9.95. The van der Waals surface area contributed by atoms with E-state index in [1.54, 1.807) is 28.6 Å². The maximum Gasteiger partial charge on any atom is 0.359 e. The molecular weight excluding hydrogens is 404 g/mol. The van der Waals surface area contributed by atoms with Gasteiger partial charge in [0, 0.05) is 29.6 Å². The highest BCUT2D eigenvalue weighted by Gasteiger charge is 2.32. The van der Waals surface area contributed by atoms with Gasteiger partial charge in [-0.1, -0.05) is 30.9 Å². The van der Waals surface area contributed by atoms with Crippen molar-refractivity contribution in [2.45, 2.75) is 58.0 Å². The van der Waals surface area contributed by atoms with Gasteiger partial charge in [-0.25, -0.2) is 14.3 Å². The van der Waals surface area contributed by atoms with Crippen LogP contribution in [0.3, 0.4) is 0 Å². The summed E-state index contributed by atoms with van der Waals surface area (Å²) in [6.07, 6.45) is 6.25. The number of aromatic nitrogens is 2. The lowest BCUT2D eigenvalue weighted by molar-refractivity contribution is 0.0516. The summed E-state index contributed by atoms with van der Waals surface area (Å²) >= 11 is 6.02. The first-order valence-electron chi connectivity index (χ1n) is 10.7. The molecule has 1 aliphatic heterocycles. The molecule has 1 saturated carbocycles. The third-order valence-electron chi connectivity index (χ3n) is 5.82. The Hall–Kier alpha value is -2.54. The predicted octanol–water partition coefficient (Wildman–Crippen LogP) is 4.10. The van der Waals surface area contributed by atoms with Crippen molar-refractivity contribution in [2.75, 3.05) is 13.2 Å². The Balaban J connectivity index is 1.60. The number of nitrogens with zero attached hydrogens (tertiary/aromatic N) is 3. The molecule has 2 aromatic rings. The number of rotatable bonds is 4. The molecule has 0 atom stereocenters. The van der Waals surface area contributed by atoms with E-state index in [2.05, 4.69) is 10.4 Å². The van der Waals surface area contributed by atoms with Gasteiger partial charge in [0.2, 0.25) is 0 Å². The van der Waals surface area contributed by atoms with Crippen molar-refractivity contribution < 1.29 is 14.3 Å². The Morgan fingerprint density at radius 1 is 1.20 bits per heavy atom. The summed E-state index contributed by atoms with van der Waals surface area (Å²) in [6.45, 7) is 2.96. The number of ether oxygens (including phenoxy) is 1. The maximum atomic E-state index is 12.9. The van der Waals surface area contributed by atoms with Crippen LogP contribution in [0.2, 0.25) is 5.02 Å². The number of carbonyl (C=O) groups is 2. The van der Waals surface area contributed by atoms with Gasteiger partial charge in [0.25, 0.3) is 0 Å². The third kappa shape index (κ3) is 4.31. The monoisotopic (exact) mass is 430 g/mol. The maximum absolute atomic E-state index is 12.9. The zero-order valence-electron chi connectivity index (χ0n) is 17.2. The van der Waals surface area contributed by atoms with Crippen LogP contribution < -0.4 is 5.32 Å². The van der Waals surface area contributed by atoms with E-state index in [0.29, 0.717) is 24.5 Å². The lowest BCUT2D eigenvalue weighted by Crippen LogP contribution is -2.47. The fourth-order valence-electron chi connectivity index (χ4n) is 4.26. The molecule has 30 heavy (non-hydrogen) atoms. The average molecular weight is 431 g/mol. The van der Waals surface area contributed by atoms with E-state index in [9.17, 15) is 9.59 Å². The molecule has 8 heteroatoms. The number of halogens is 1. The van der Waals surface area contributed by atoms with Crippen molar-refractivity contribution in [3.8, 4) is 5.69 Å². The molecule has 0 unspecified atom stereocenters. The second kappa shape index (κ2) is 9.08. The van der Waals surface area contributed by atoms with Gasteiger partial charge in [-0.2, -0.15) is 5.10 Å². The van der Waals surface area contributed by atoms with Gasteiger partial charge >= 0.3 is 12.0 Å². The smallest absolute Gasteiger partial charge is 0.359 e. The number of carbonyl (C=O) groups excluding carboxylic acids is 2. The van der Waals surface area contributed by atoms with E-state index in [1.165, 1.54) is 6.42 Å². The summed E-state index contributed by atoms with van der Waals surface area (Å²) in [6, 6.07) is 7.50. The van der Waals surface area contributed by atoms with Crippen molar-refractivity contribution in [3.05, 3.63) is 46.2 Å². The third-order valence-corrected chi connectivity index (χ3v) is 6.07. The number of benzene rings is 1. The van der Waals surface area contributed by atoms with Crippen molar-refractivity contribution in [1.82, 2.24) is 20.0 Å². The van der Waals surface area contributed by atoms with Crippen molar-refractivity contribution in [2.24, 2.45) is 0 Å². The van der Waals surface area contributed by atoms with E-state index in [0.717, 1.165) is 42.6 Å². The van der Waals surface area contributed by atoms with Gasteiger partial charge < -0.3 is 15.0 Å². The summed E-state index contributed by atoms with van der Waals surface area (Å²) in [4.78, 5) is 27.2. The summed E-state index contributed by atoms with van der Waals surface area (Å²) in [7, 11) is 0. The Kier molecular flexibility index (Phi) is 6.27. The molecule has 1 fully saturated rings. The predicted molar refractivity (Wildman–Crippen MR) is 114 cm³/mol. The number of hydrogen-bond donors (Lipinski definition) is 1. The Bertz CT molecular complexity index is 919. The first kappa shape index (κ1) is 20.7. The van der Waals surface area contributed by atoms with Crippen LogP contribution >= 0.6 is 11.6 Å². The molecule has 0 radical (unpaired) electrons. The Morgan fingerprint density at radius 3 is 2.63 bits per heavy atom. The number of esters is 1. The molecule has 0 spiro atoms. The molecule has 2 amide bonds. The highest BCUT2D eigenvalue weighted by Crippen LogP contribution is 2.27. The van der Waals surface area contributed by atoms with Gasteiger partial charge in [0.1, 0.15) is 0 Å². The first-order valence-corrected chi connectivity index (χ1v) is 11.0. The molecular formula is C22H27ClN4O3. The molecule has 2 heterocycles. The molecule has 1 aromatic heterocycles. The van der Waals surface area contributed by atoms with E-state index in [-0.39, 0.29) is 24.4 Å². The number of amides is 2. The first-order chi connectivity index (χ1) is 14.6. The van der Waals surface area contributed by atoms with Crippen LogP contribution in [-0.2, 0) is 17.7 Å². The van der Waals surface area contributed by atoms with Crippen LogP contribution in [0.15, 0.2) is 24.3 Å². The van der Waals surface area contributed by atoms with Gasteiger partial charge in [-0.3, -0.25) is 0 Å². The fraction of sp³-hybridized carbons (Fsp3) is 0.500. The van der Waals surface area contributed by atoms with Gasteiger partial charge in [-0.05, 0) is 44.0 Å². The highest BCUT2D eigenvalue weighted by molar-refractivity contribution is 6.30. The van der Waals surface area contributed by atoms with Crippen LogP contribution in [0.4, 0.5) is 4.79 Å². The number of nitrogens with one attached hydrogen (secondary N) is 1. The van der Waals surface area contributed by atoms with Crippen LogP contribution in [0, 0.1) is 0 Å². The van der Waals surface area contributed by atoms with Crippen molar-refractivity contribution in [1.29, 1.82) is 0 Å². The molecule has 0 bridgehead atoms. The molecule has 1 aromatic carbocycles. The minimum Gasteiger partial charge on any atom is -0.461 e. The summed E-state index contributed by atoms with van der Waals surface area (Å²) in [5.74, 6) is -0.462. The van der Waals surface area contributed by atoms with Gasteiger partial charge in [-0.15, -0.1) is 0 Å². The summed E-state index contributed by atoms with van der Waals surface area (Å²) in [5, 5.41) is 8.36. The number of urea groups is 1. The molecule has 7 nitrogen and oxygen atoms in total. The van der Waals surface area contributed by atoms with Crippen molar-refractivity contribution in [3.63, 3.8) is 0 Å². The standard InChI is InChI=1S/C22H27ClN4O3/c1-2-30-21(28)20-18-14-26(22(29)24-16-6-4-3-5-7-16)13-12-19(18)27(25-20)17-10-8-15(23)9-11-17/h8-11,16H,2-7,12-14H2,1H3,(H,24,29). The number of fused-ring (bicyclic) bond motifs is 1. The van der Waals surface area contributed by atoms with Crippen LogP contribution in [0.1, 0.15) is 60.8 Å². The van der Waals surface area contributed by atoms with E-state index in [1.807, 2.05) is 12.1 Å². The van der Waals surface area contributed by atoms with Crippen LogP contribution in [-0.4, -0.2) is 45.9 Å². The van der Waals surface area contributed by atoms with Gasteiger partial charge in [0.05, 0.1) is 24.5 Å². The van der Waals surface area contributed by atoms with E-state index >= 15 is 0 Å². The van der Waals surface area contributed by atoms with E-state index in [4.69, 9.17) is 16.3 Å².